The first kappa shape index (κ1) is 20.7. The van der Waals surface area contributed by atoms with Gasteiger partial charge in [-0.15, -0.1) is 0 Å². The van der Waals surface area contributed by atoms with Crippen LogP contribution in [0.5, 0.6) is 0 Å². The van der Waals surface area contributed by atoms with Gasteiger partial charge in [0.2, 0.25) is 0 Å². The van der Waals surface area contributed by atoms with E-state index in [9.17, 15) is 14.4 Å². The Morgan fingerprint density at radius 1 is 1.16 bits per heavy atom. The molecule has 0 aliphatic carbocycles. The lowest BCUT2D eigenvalue weighted by molar-refractivity contribution is -0.141. The summed E-state index contributed by atoms with van der Waals surface area (Å²) in [6, 6.07) is 14.3. The summed E-state index contributed by atoms with van der Waals surface area (Å²) in [5, 5.41) is 0.626. The first-order valence-corrected chi connectivity index (χ1v) is 10.5. The molecule has 0 fully saturated rings. The van der Waals surface area contributed by atoms with Crippen molar-refractivity contribution in [2.75, 3.05) is 7.11 Å². The molecule has 2 heterocycles. The molecule has 0 unspecified atom stereocenters. The Bertz CT molecular complexity index is 1440. The molecule has 0 atom stereocenters. The van der Waals surface area contributed by atoms with Gasteiger partial charge in [0.05, 0.1) is 17.3 Å². The fourth-order valence-electron chi connectivity index (χ4n) is 3.24. The van der Waals surface area contributed by atoms with Crippen LogP contribution in [0.25, 0.3) is 21.2 Å². The smallest absolute Gasteiger partial charge is 0.349 e. The number of fused-ring (bicyclic) bond motifs is 2. The standard InChI is InChI=1S/C23H20N2O5S/c1-13(2)14-8-9-17-19(11-14)31-23(25(17)12-20(26)29-3)24-21(27)16-10-15-6-4-5-7-18(15)30-22(16)28/h4-11,13H,12H2,1-3H3. The number of methoxy groups -OCH3 is 1. The predicted octanol–water partition coefficient (Wildman–Crippen LogP) is 3.85. The zero-order valence-electron chi connectivity index (χ0n) is 17.2. The summed E-state index contributed by atoms with van der Waals surface area (Å²) in [5.41, 5.74) is 1.37. The lowest BCUT2D eigenvalue weighted by atomic mass is 10.0. The summed E-state index contributed by atoms with van der Waals surface area (Å²) < 4.78 is 12.6. The van der Waals surface area contributed by atoms with Crippen LogP contribution in [0, 0.1) is 0 Å². The maximum absolute atomic E-state index is 12.9. The summed E-state index contributed by atoms with van der Waals surface area (Å²) in [6.45, 7) is 4.08. The highest BCUT2D eigenvalue weighted by atomic mass is 32.1. The van der Waals surface area contributed by atoms with Gasteiger partial charge in [0.15, 0.2) is 4.80 Å². The lowest BCUT2D eigenvalue weighted by Crippen LogP contribution is -2.23. The summed E-state index contributed by atoms with van der Waals surface area (Å²) in [5.74, 6) is -0.870. The van der Waals surface area contributed by atoms with Gasteiger partial charge in [-0.2, -0.15) is 4.99 Å². The highest BCUT2D eigenvalue weighted by Gasteiger charge is 2.16. The molecule has 0 saturated carbocycles. The largest absolute Gasteiger partial charge is 0.468 e. The number of carbonyl (C=O) groups is 2. The topological polar surface area (TPSA) is 90.9 Å². The number of esters is 1. The molecular weight excluding hydrogens is 416 g/mol. The molecule has 4 aromatic rings. The molecular formula is C23H20N2O5S. The number of aromatic nitrogens is 1. The van der Waals surface area contributed by atoms with E-state index in [1.165, 1.54) is 24.5 Å². The van der Waals surface area contributed by atoms with Gasteiger partial charge in [-0.25, -0.2) is 4.79 Å². The second kappa shape index (κ2) is 8.31. The SMILES string of the molecule is COC(=O)Cn1c(=NC(=O)c2cc3ccccc3oc2=O)sc2cc(C(C)C)ccc21. The molecule has 158 valence electrons. The minimum Gasteiger partial charge on any atom is -0.468 e. The Labute approximate surface area is 181 Å². The van der Waals surface area contributed by atoms with E-state index in [2.05, 4.69) is 18.8 Å². The Kier molecular flexibility index (Phi) is 5.56. The van der Waals surface area contributed by atoms with Crippen molar-refractivity contribution in [3.05, 3.63) is 74.9 Å². The number of hydrogen-bond donors (Lipinski definition) is 0. The Balaban J connectivity index is 1.88. The molecule has 0 N–H and O–H groups in total. The molecule has 1 amide bonds. The van der Waals surface area contributed by atoms with Crippen LogP contribution in [0.3, 0.4) is 0 Å². The number of hydrogen-bond acceptors (Lipinski definition) is 6. The van der Waals surface area contributed by atoms with Gasteiger partial charge in [-0.05, 0) is 35.7 Å². The summed E-state index contributed by atoms with van der Waals surface area (Å²) >= 11 is 1.28. The number of amides is 1. The van der Waals surface area contributed by atoms with Crippen molar-refractivity contribution in [2.24, 2.45) is 4.99 Å². The number of rotatable bonds is 4. The van der Waals surface area contributed by atoms with E-state index < -0.39 is 17.5 Å². The minimum absolute atomic E-state index is 0.101. The fourth-order valence-corrected chi connectivity index (χ4v) is 4.31. The van der Waals surface area contributed by atoms with Crippen LogP contribution in [0.15, 0.2) is 62.7 Å². The van der Waals surface area contributed by atoms with Crippen molar-refractivity contribution in [1.82, 2.24) is 4.57 Å². The molecule has 8 heteroatoms. The molecule has 7 nitrogen and oxygen atoms in total. The van der Waals surface area contributed by atoms with E-state index >= 15 is 0 Å². The highest BCUT2D eigenvalue weighted by molar-refractivity contribution is 7.16. The molecule has 0 aliphatic heterocycles. The Morgan fingerprint density at radius 2 is 1.94 bits per heavy atom. The molecule has 0 spiro atoms. The fraction of sp³-hybridized carbons (Fsp3) is 0.217. The van der Waals surface area contributed by atoms with Gasteiger partial charge in [0, 0.05) is 5.39 Å². The van der Waals surface area contributed by atoms with Crippen molar-refractivity contribution in [1.29, 1.82) is 0 Å². The number of thiazole rings is 1. The zero-order valence-corrected chi connectivity index (χ0v) is 18.1. The third kappa shape index (κ3) is 4.06. The first-order chi connectivity index (χ1) is 14.9. The monoisotopic (exact) mass is 436 g/mol. The minimum atomic E-state index is -0.754. The number of para-hydroxylation sites is 1. The van der Waals surface area contributed by atoms with E-state index in [4.69, 9.17) is 9.15 Å². The van der Waals surface area contributed by atoms with E-state index in [1.807, 2.05) is 18.2 Å². The van der Waals surface area contributed by atoms with Crippen LogP contribution >= 0.6 is 11.3 Å². The average molecular weight is 436 g/mol. The van der Waals surface area contributed by atoms with Crippen molar-refractivity contribution in [2.45, 2.75) is 26.3 Å². The van der Waals surface area contributed by atoms with Gasteiger partial charge in [-0.3, -0.25) is 9.59 Å². The summed E-state index contributed by atoms with van der Waals surface area (Å²) in [7, 11) is 1.30. The van der Waals surface area contributed by atoms with Crippen LogP contribution < -0.4 is 10.4 Å². The average Bonchev–Trinajstić information content (AvgIpc) is 3.08. The maximum Gasteiger partial charge on any atom is 0.349 e. The van der Waals surface area contributed by atoms with Crippen LogP contribution in [-0.4, -0.2) is 23.6 Å². The van der Waals surface area contributed by atoms with Gasteiger partial charge >= 0.3 is 11.6 Å². The van der Waals surface area contributed by atoms with Crippen molar-refractivity contribution < 1.29 is 18.7 Å². The molecule has 4 rings (SSSR count). The van der Waals surface area contributed by atoms with Crippen LogP contribution in [0.2, 0.25) is 0 Å². The Morgan fingerprint density at radius 3 is 2.68 bits per heavy atom. The molecule has 0 radical (unpaired) electrons. The first-order valence-electron chi connectivity index (χ1n) is 9.69. The summed E-state index contributed by atoms with van der Waals surface area (Å²) in [4.78, 5) is 41.7. The quantitative estimate of drug-likeness (QED) is 0.358. The number of ether oxygens (including phenoxy) is 1. The molecule has 0 bridgehead atoms. The maximum atomic E-state index is 12.9. The third-order valence-electron chi connectivity index (χ3n) is 4.96. The van der Waals surface area contributed by atoms with Crippen molar-refractivity contribution in [3.63, 3.8) is 0 Å². The van der Waals surface area contributed by atoms with E-state index in [0.717, 1.165) is 15.8 Å². The van der Waals surface area contributed by atoms with Gasteiger partial charge in [-0.1, -0.05) is 49.4 Å². The van der Waals surface area contributed by atoms with Crippen molar-refractivity contribution in [3.8, 4) is 0 Å². The number of nitrogens with zero attached hydrogens (tertiary/aromatic N) is 2. The van der Waals surface area contributed by atoms with Crippen LogP contribution in [0.1, 0.15) is 35.7 Å². The van der Waals surface area contributed by atoms with Crippen LogP contribution in [0.4, 0.5) is 0 Å². The predicted molar refractivity (Wildman–Crippen MR) is 118 cm³/mol. The molecule has 0 saturated heterocycles. The Hall–Kier alpha value is -3.52. The van der Waals surface area contributed by atoms with Gasteiger partial charge in [0.25, 0.3) is 5.91 Å². The van der Waals surface area contributed by atoms with Crippen LogP contribution in [-0.2, 0) is 16.1 Å². The van der Waals surface area contributed by atoms with Gasteiger partial charge in [0.1, 0.15) is 17.7 Å². The highest BCUT2D eigenvalue weighted by Crippen LogP contribution is 2.24. The molecule has 31 heavy (non-hydrogen) atoms. The van der Waals surface area contributed by atoms with E-state index in [0.29, 0.717) is 21.7 Å². The molecule has 2 aromatic carbocycles. The van der Waals surface area contributed by atoms with Gasteiger partial charge < -0.3 is 13.7 Å². The summed E-state index contributed by atoms with van der Waals surface area (Å²) in [6.07, 6.45) is 0. The molecule has 0 aliphatic rings. The second-order valence-electron chi connectivity index (χ2n) is 7.33. The number of carbonyl (C=O) groups excluding carboxylic acids is 2. The number of benzene rings is 2. The van der Waals surface area contributed by atoms with E-state index in [-0.39, 0.29) is 12.1 Å². The normalized spacial score (nSPS) is 12.1. The van der Waals surface area contributed by atoms with Crippen molar-refractivity contribution >= 4 is 44.4 Å². The van der Waals surface area contributed by atoms with E-state index in [1.54, 1.807) is 28.8 Å². The third-order valence-corrected chi connectivity index (χ3v) is 6.00. The molecule has 2 aromatic heterocycles. The second-order valence-corrected chi connectivity index (χ2v) is 8.34. The lowest BCUT2D eigenvalue weighted by Gasteiger charge is -2.06. The zero-order chi connectivity index (χ0) is 22.1.